The summed E-state index contributed by atoms with van der Waals surface area (Å²) in [6, 6.07) is 18.4. The van der Waals surface area contributed by atoms with Gasteiger partial charge < -0.3 is 0 Å². The van der Waals surface area contributed by atoms with Crippen LogP contribution < -0.4 is 0 Å². The van der Waals surface area contributed by atoms with E-state index >= 15 is 0 Å². The Morgan fingerprint density at radius 1 is 1.00 bits per heavy atom. The zero-order valence-electron chi connectivity index (χ0n) is 9.71. The van der Waals surface area contributed by atoms with E-state index < -0.39 is 0 Å². The maximum atomic E-state index is 6.48. The molecule has 1 unspecified atom stereocenters. The maximum Gasteiger partial charge on any atom is 0.0843 e. The Hall–Kier alpha value is -1.38. The highest BCUT2D eigenvalue weighted by Crippen LogP contribution is 2.30. The zero-order chi connectivity index (χ0) is 12.4. The Kier molecular flexibility index (Phi) is 3.31. The number of fused-ring (bicyclic) bond motifs is 1. The van der Waals surface area contributed by atoms with Gasteiger partial charge in [-0.3, -0.25) is 0 Å². The van der Waals surface area contributed by atoms with E-state index in [2.05, 4.69) is 22.6 Å². The molecule has 0 saturated heterocycles. The van der Waals surface area contributed by atoms with Crippen LogP contribution in [0.5, 0.6) is 0 Å². The minimum Gasteiger partial charge on any atom is -0.192 e. The lowest BCUT2D eigenvalue weighted by Crippen LogP contribution is -1.93. The first-order valence-electron chi connectivity index (χ1n) is 5.87. The standard InChI is InChI=1S/C15H12ClNS/c16-13(11-6-2-1-3-7-11)10-15-12-8-4-5-9-14(12)17-18-15/h1-9,13H,10H2. The Bertz CT molecular complexity index is 648. The predicted octanol–water partition coefficient (Wildman–Crippen LogP) is 4.82. The number of rotatable bonds is 3. The van der Waals surface area contributed by atoms with Crippen molar-refractivity contribution in [2.75, 3.05) is 0 Å². The number of alkyl halides is 1. The molecule has 0 saturated carbocycles. The van der Waals surface area contributed by atoms with Crippen molar-refractivity contribution in [2.24, 2.45) is 0 Å². The van der Waals surface area contributed by atoms with Crippen molar-refractivity contribution in [3.8, 4) is 0 Å². The minimum absolute atomic E-state index is 0.00931. The molecule has 0 aliphatic heterocycles. The SMILES string of the molecule is ClC(Cc1snc2ccccc12)c1ccccc1. The lowest BCUT2D eigenvalue weighted by molar-refractivity contribution is 0.943. The molecule has 0 aliphatic rings. The average molecular weight is 274 g/mol. The van der Waals surface area contributed by atoms with Gasteiger partial charge in [0.2, 0.25) is 0 Å². The molecular weight excluding hydrogens is 262 g/mol. The van der Waals surface area contributed by atoms with Crippen molar-refractivity contribution >= 4 is 34.0 Å². The van der Waals surface area contributed by atoms with Crippen LogP contribution in [0.25, 0.3) is 10.9 Å². The lowest BCUT2D eigenvalue weighted by atomic mass is 10.1. The highest BCUT2D eigenvalue weighted by Gasteiger charge is 2.12. The molecular formula is C15H12ClNS. The number of aromatic nitrogens is 1. The van der Waals surface area contributed by atoms with Crippen molar-refractivity contribution in [3.63, 3.8) is 0 Å². The van der Waals surface area contributed by atoms with E-state index in [0.29, 0.717) is 0 Å². The van der Waals surface area contributed by atoms with Crippen LogP contribution in [-0.4, -0.2) is 4.37 Å². The van der Waals surface area contributed by atoms with Gasteiger partial charge in [0.05, 0.1) is 10.9 Å². The second-order valence-corrected chi connectivity index (χ2v) is 5.59. The van der Waals surface area contributed by atoms with Gasteiger partial charge in [0, 0.05) is 16.7 Å². The molecule has 0 amide bonds. The highest BCUT2D eigenvalue weighted by molar-refractivity contribution is 7.07. The Balaban J connectivity index is 1.89. The van der Waals surface area contributed by atoms with Crippen molar-refractivity contribution < 1.29 is 0 Å². The Morgan fingerprint density at radius 2 is 1.72 bits per heavy atom. The fraction of sp³-hybridized carbons (Fsp3) is 0.133. The quantitative estimate of drug-likeness (QED) is 0.624. The summed E-state index contributed by atoms with van der Waals surface area (Å²) in [6.07, 6.45) is 0.830. The third-order valence-corrected chi connectivity index (χ3v) is 4.29. The van der Waals surface area contributed by atoms with Crippen LogP contribution in [0.15, 0.2) is 54.6 Å². The van der Waals surface area contributed by atoms with Gasteiger partial charge in [-0.25, -0.2) is 0 Å². The van der Waals surface area contributed by atoms with Gasteiger partial charge in [-0.2, -0.15) is 4.37 Å². The molecule has 1 atom stereocenters. The third kappa shape index (κ3) is 2.26. The van der Waals surface area contributed by atoms with Crippen molar-refractivity contribution in [3.05, 3.63) is 65.0 Å². The molecule has 0 bridgehead atoms. The molecule has 2 aromatic carbocycles. The first kappa shape index (κ1) is 11.7. The first-order valence-corrected chi connectivity index (χ1v) is 7.08. The van der Waals surface area contributed by atoms with Crippen LogP contribution >= 0.6 is 23.1 Å². The summed E-state index contributed by atoms with van der Waals surface area (Å²) in [5.74, 6) is 0. The van der Waals surface area contributed by atoms with Gasteiger partial charge >= 0.3 is 0 Å². The van der Waals surface area contributed by atoms with Gasteiger partial charge in [0.1, 0.15) is 0 Å². The van der Waals surface area contributed by atoms with E-state index in [-0.39, 0.29) is 5.38 Å². The van der Waals surface area contributed by atoms with E-state index in [1.807, 2.05) is 36.4 Å². The smallest absolute Gasteiger partial charge is 0.0843 e. The fourth-order valence-corrected chi connectivity index (χ4v) is 3.30. The summed E-state index contributed by atoms with van der Waals surface area (Å²) in [4.78, 5) is 1.26. The van der Waals surface area contributed by atoms with Crippen LogP contribution in [0, 0.1) is 0 Å². The first-order chi connectivity index (χ1) is 8.84. The molecule has 18 heavy (non-hydrogen) atoms. The lowest BCUT2D eigenvalue weighted by Gasteiger charge is -2.08. The average Bonchev–Trinajstić information content (AvgIpc) is 2.83. The monoisotopic (exact) mass is 273 g/mol. The number of hydrogen-bond donors (Lipinski definition) is 0. The summed E-state index contributed by atoms with van der Waals surface area (Å²) in [6.45, 7) is 0. The minimum atomic E-state index is 0.00931. The van der Waals surface area contributed by atoms with E-state index in [0.717, 1.165) is 17.5 Å². The molecule has 1 aromatic heterocycles. The molecule has 1 nitrogen and oxygen atoms in total. The molecule has 1 heterocycles. The van der Waals surface area contributed by atoms with Crippen LogP contribution in [0.2, 0.25) is 0 Å². The number of halogens is 1. The van der Waals surface area contributed by atoms with Gasteiger partial charge in [0.15, 0.2) is 0 Å². The number of hydrogen-bond acceptors (Lipinski definition) is 2. The predicted molar refractivity (Wildman–Crippen MR) is 78.4 cm³/mol. The van der Waals surface area contributed by atoms with Gasteiger partial charge in [-0.15, -0.1) is 11.6 Å². The van der Waals surface area contributed by atoms with Crippen molar-refractivity contribution in [1.82, 2.24) is 4.37 Å². The second-order valence-electron chi connectivity index (χ2n) is 4.21. The van der Waals surface area contributed by atoms with Gasteiger partial charge in [0.25, 0.3) is 0 Å². The van der Waals surface area contributed by atoms with E-state index in [1.165, 1.54) is 10.3 Å². The molecule has 0 spiro atoms. The second kappa shape index (κ2) is 5.09. The highest BCUT2D eigenvalue weighted by atomic mass is 35.5. The van der Waals surface area contributed by atoms with Crippen molar-refractivity contribution in [1.29, 1.82) is 0 Å². The topological polar surface area (TPSA) is 12.9 Å². The van der Waals surface area contributed by atoms with Crippen LogP contribution in [0.3, 0.4) is 0 Å². The molecule has 0 radical (unpaired) electrons. The molecule has 3 heteroatoms. The summed E-state index contributed by atoms with van der Waals surface area (Å²) in [5.41, 5.74) is 2.23. The Labute approximate surface area is 115 Å². The summed E-state index contributed by atoms with van der Waals surface area (Å²) in [7, 11) is 0. The summed E-state index contributed by atoms with van der Waals surface area (Å²) in [5, 5.41) is 1.24. The molecule has 90 valence electrons. The van der Waals surface area contributed by atoms with E-state index in [1.54, 1.807) is 11.5 Å². The van der Waals surface area contributed by atoms with Crippen LogP contribution in [0.1, 0.15) is 15.8 Å². The van der Waals surface area contributed by atoms with Gasteiger partial charge in [-0.1, -0.05) is 48.5 Å². The zero-order valence-corrected chi connectivity index (χ0v) is 11.3. The third-order valence-electron chi connectivity index (χ3n) is 2.98. The van der Waals surface area contributed by atoms with Crippen LogP contribution in [-0.2, 0) is 6.42 Å². The van der Waals surface area contributed by atoms with E-state index in [4.69, 9.17) is 11.6 Å². The largest absolute Gasteiger partial charge is 0.192 e. The normalized spacial score (nSPS) is 12.7. The van der Waals surface area contributed by atoms with Gasteiger partial charge in [-0.05, 0) is 23.2 Å². The Morgan fingerprint density at radius 3 is 2.56 bits per heavy atom. The summed E-state index contributed by atoms with van der Waals surface area (Å²) < 4.78 is 4.45. The molecule has 0 N–H and O–H groups in total. The fourth-order valence-electron chi connectivity index (χ4n) is 2.03. The van der Waals surface area contributed by atoms with E-state index in [9.17, 15) is 0 Å². The molecule has 3 rings (SSSR count). The molecule has 0 aliphatic carbocycles. The van der Waals surface area contributed by atoms with Crippen LogP contribution in [0.4, 0.5) is 0 Å². The number of nitrogens with zero attached hydrogens (tertiary/aromatic N) is 1. The molecule has 3 aromatic rings. The maximum absolute atomic E-state index is 6.48. The van der Waals surface area contributed by atoms with Crippen molar-refractivity contribution in [2.45, 2.75) is 11.8 Å². The number of benzene rings is 2. The summed E-state index contributed by atoms with van der Waals surface area (Å²) >= 11 is 8.03. The molecule has 0 fully saturated rings.